The van der Waals surface area contributed by atoms with E-state index in [4.69, 9.17) is 0 Å². The van der Waals surface area contributed by atoms with Gasteiger partial charge in [0.1, 0.15) is 6.17 Å². The molecule has 0 aromatic heterocycles. The maximum Gasteiger partial charge on any atom is 0.139 e. The van der Waals surface area contributed by atoms with Crippen molar-refractivity contribution < 1.29 is 0 Å². The second kappa shape index (κ2) is 3.81. The van der Waals surface area contributed by atoms with Gasteiger partial charge in [-0.15, -0.1) is 0 Å². The third-order valence-electron chi connectivity index (χ3n) is 1.23. The van der Waals surface area contributed by atoms with Gasteiger partial charge < -0.3 is 10.2 Å². The zero-order chi connectivity index (χ0) is 8.10. The third kappa shape index (κ3) is 2.89. The van der Waals surface area contributed by atoms with Crippen LogP contribution in [-0.4, -0.2) is 31.5 Å². The number of nitrogens with one attached hydrogen (secondary N) is 1. The Kier molecular flexibility index (Phi) is 2.72. The lowest BCUT2D eigenvalue weighted by atomic mass is 10.3. The number of hydrogen-bond acceptors (Lipinski definition) is 2. The minimum Gasteiger partial charge on any atom is -0.369 e. The van der Waals surface area contributed by atoms with E-state index >= 15 is 0 Å². The van der Waals surface area contributed by atoms with Crippen molar-refractivity contribution in [2.24, 2.45) is 4.99 Å². The number of hydrogen-bond donors (Lipinski definition) is 1. The molecule has 0 aromatic rings. The van der Waals surface area contributed by atoms with E-state index in [1.54, 1.807) is 6.34 Å². The standard InChI is InChI=1S/C8H13N3/c1-11(2)7-10-8-5-3-4-6-9-8/h3-9H,1-2H3/b10-7+. The third-order valence-corrected chi connectivity index (χ3v) is 1.23. The summed E-state index contributed by atoms with van der Waals surface area (Å²) in [6, 6.07) is 0. The van der Waals surface area contributed by atoms with Crippen molar-refractivity contribution in [1.82, 2.24) is 10.2 Å². The monoisotopic (exact) mass is 151 g/mol. The molecule has 1 aliphatic heterocycles. The van der Waals surface area contributed by atoms with Crippen LogP contribution in [0.25, 0.3) is 0 Å². The predicted octanol–water partition coefficient (Wildman–Crippen LogP) is 0.575. The van der Waals surface area contributed by atoms with Gasteiger partial charge in [-0.25, -0.2) is 4.99 Å². The average molecular weight is 151 g/mol. The van der Waals surface area contributed by atoms with Crippen LogP contribution in [0.4, 0.5) is 0 Å². The zero-order valence-electron chi connectivity index (χ0n) is 6.86. The Labute approximate surface area is 67.1 Å². The second-order valence-corrected chi connectivity index (χ2v) is 2.58. The summed E-state index contributed by atoms with van der Waals surface area (Å²) in [5, 5.41) is 3.08. The Bertz CT molecular complexity index is 192. The van der Waals surface area contributed by atoms with Gasteiger partial charge >= 0.3 is 0 Å². The van der Waals surface area contributed by atoms with Gasteiger partial charge in [0.15, 0.2) is 0 Å². The van der Waals surface area contributed by atoms with Gasteiger partial charge in [0.25, 0.3) is 0 Å². The quantitative estimate of drug-likeness (QED) is 0.461. The first-order chi connectivity index (χ1) is 5.29. The van der Waals surface area contributed by atoms with Crippen LogP contribution in [0, 0.1) is 0 Å². The molecule has 3 nitrogen and oxygen atoms in total. The molecule has 1 rings (SSSR count). The van der Waals surface area contributed by atoms with Crippen molar-refractivity contribution in [3.05, 3.63) is 24.4 Å². The Hall–Kier alpha value is -1.25. The lowest BCUT2D eigenvalue weighted by Gasteiger charge is -2.11. The molecule has 0 amide bonds. The molecule has 1 aliphatic rings. The van der Waals surface area contributed by atoms with Crippen molar-refractivity contribution in [2.45, 2.75) is 6.17 Å². The highest BCUT2D eigenvalue weighted by molar-refractivity contribution is 5.54. The highest BCUT2D eigenvalue weighted by Crippen LogP contribution is 1.94. The Morgan fingerprint density at radius 3 is 2.82 bits per heavy atom. The van der Waals surface area contributed by atoms with Gasteiger partial charge in [0, 0.05) is 14.1 Å². The van der Waals surface area contributed by atoms with Crippen molar-refractivity contribution in [2.75, 3.05) is 14.1 Å². The normalized spacial score (nSPS) is 22.2. The summed E-state index contributed by atoms with van der Waals surface area (Å²) in [5.41, 5.74) is 0. The summed E-state index contributed by atoms with van der Waals surface area (Å²) in [6.07, 6.45) is 9.71. The van der Waals surface area contributed by atoms with Gasteiger partial charge in [-0.2, -0.15) is 0 Å². The SMILES string of the molecule is CN(C)/C=N/C1C=CC=CN1. The van der Waals surface area contributed by atoms with Crippen LogP contribution in [0.15, 0.2) is 29.4 Å². The first-order valence-corrected chi connectivity index (χ1v) is 3.58. The van der Waals surface area contributed by atoms with E-state index < -0.39 is 0 Å². The molecule has 0 aliphatic carbocycles. The van der Waals surface area contributed by atoms with E-state index in [0.717, 1.165) is 0 Å². The maximum absolute atomic E-state index is 4.23. The highest BCUT2D eigenvalue weighted by atomic mass is 15.1. The number of aliphatic imine (C=N–C) groups is 1. The van der Waals surface area contributed by atoms with E-state index in [1.165, 1.54) is 0 Å². The fraction of sp³-hybridized carbons (Fsp3) is 0.375. The van der Waals surface area contributed by atoms with E-state index in [2.05, 4.69) is 10.3 Å². The molecule has 60 valence electrons. The summed E-state index contributed by atoms with van der Waals surface area (Å²) >= 11 is 0. The van der Waals surface area contributed by atoms with E-state index in [0.29, 0.717) is 0 Å². The zero-order valence-corrected chi connectivity index (χ0v) is 6.86. The fourth-order valence-electron chi connectivity index (χ4n) is 0.733. The molecule has 0 aromatic carbocycles. The molecule has 0 saturated heterocycles. The molecule has 0 fully saturated rings. The van der Waals surface area contributed by atoms with Gasteiger partial charge in [0.2, 0.25) is 0 Å². The van der Waals surface area contributed by atoms with Crippen molar-refractivity contribution in [3.8, 4) is 0 Å². The van der Waals surface area contributed by atoms with Gasteiger partial charge in [0.05, 0.1) is 6.34 Å². The molecule has 1 N–H and O–H groups in total. The lowest BCUT2D eigenvalue weighted by Crippen LogP contribution is -2.23. The predicted molar refractivity (Wildman–Crippen MR) is 47.4 cm³/mol. The maximum atomic E-state index is 4.23. The Balaban J connectivity index is 2.38. The first-order valence-electron chi connectivity index (χ1n) is 3.58. The lowest BCUT2D eigenvalue weighted by molar-refractivity contribution is 0.624. The van der Waals surface area contributed by atoms with E-state index in [-0.39, 0.29) is 6.17 Å². The average Bonchev–Trinajstić information content (AvgIpc) is 2.03. The van der Waals surface area contributed by atoms with Crippen LogP contribution in [0.1, 0.15) is 0 Å². The van der Waals surface area contributed by atoms with Crippen LogP contribution in [0.5, 0.6) is 0 Å². The second-order valence-electron chi connectivity index (χ2n) is 2.58. The highest BCUT2D eigenvalue weighted by Gasteiger charge is 1.97. The summed E-state index contributed by atoms with van der Waals surface area (Å²) in [5.74, 6) is 0. The van der Waals surface area contributed by atoms with Crippen LogP contribution in [-0.2, 0) is 0 Å². The van der Waals surface area contributed by atoms with Gasteiger partial charge in [-0.3, -0.25) is 0 Å². The molecule has 0 saturated carbocycles. The number of nitrogens with zero attached hydrogens (tertiary/aromatic N) is 2. The van der Waals surface area contributed by atoms with Crippen molar-refractivity contribution in [3.63, 3.8) is 0 Å². The summed E-state index contributed by atoms with van der Waals surface area (Å²) in [4.78, 5) is 6.14. The Morgan fingerprint density at radius 2 is 2.27 bits per heavy atom. The molecular formula is C8H13N3. The van der Waals surface area contributed by atoms with Gasteiger partial charge in [-0.05, 0) is 18.4 Å². The largest absolute Gasteiger partial charge is 0.369 e. The number of rotatable bonds is 2. The minimum absolute atomic E-state index is 0.0994. The van der Waals surface area contributed by atoms with Gasteiger partial charge in [-0.1, -0.05) is 6.08 Å². The molecule has 0 spiro atoms. The Morgan fingerprint density at radius 1 is 1.45 bits per heavy atom. The number of dihydropyridines is 1. The molecular weight excluding hydrogens is 138 g/mol. The molecule has 0 radical (unpaired) electrons. The molecule has 3 heteroatoms. The molecule has 11 heavy (non-hydrogen) atoms. The van der Waals surface area contributed by atoms with Crippen molar-refractivity contribution in [1.29, 1.82) is 0 Å². The summed E-state index contributed by atoms with van der Waals surface area (Å²) < 4.78 is 0. The smallest absolute Gasteiger partial charge is 0.139 e. The van der Waals surface area contributed by atoms with E-state index in [9.17, 15) is 0 Å². The topological polar surface area (TPSA) is 27.6 Å². The van der Waals surface area contributed by atoms with Crippen molar-refractivity contribution >= 4 is 6.34 Å². The van der Waals surface area contributed by atoms with Crippen LogP contribution in [0.2, 0.25) is 0 Å². The molecule has 0 bridgehead atoms. The van der Waals surface area contributed by atoms with Crippen LogP contribution in [0.3, 0.4) is 0 Å². The molecule has 1 heterocycles. The summed E-state index contributed by atoms with van der Waals surface area (Å²) in [6.45, 7) is 0. The van der Waals surface area contributed by atoms with Crippen LogP contribution >= 0.6 is 0 Å². The van der Waals surface area contributed by atoms with Crippen LogP contribution < -0.4 is 5.32 Å². The fourth-order valence-corrected chi connectivity index (χ4v) is 0.733. The molecule has 1 atom stereocenters. The van der Waals surface area contributed by atoms with E-state index in [1.807, 2.05) is 43.4 Å². The summed E-state index contributed by atoms with van der Waals surface area (Å²) in [7, 11) is 3.90. The first kappa shape index (κ1) is 7.85. The minimum atomic E-state index is 0.0994. The number of allylic oxidation sites excluding steroid dienone is 2. The molecule has 1 unspecified atom stereocenters.